The quantitative estimate of drug-likeness (QED) is 0.665. The predicted octanol–water partition coefficient (Wildman–Crippen LogP) is 3.71. The van der Waals surface area contributed by atoms with Crippen molar-refractivity contribution >= 4 is 11.9 Å². The Balaban J connectivity index is 1.13. The fourth-order valence-electron chi connectivity index (χ4n) is 4.18. The zero-order valence-electron chi connectivity index (χ0n) is 18.1. The Kier molecular flexibility index (Phi) is 5.62. The molecule has 0 atom stereocenters. The third-order valence-corrected chi connectivity index (χ3v) is 6.04. The molecule has 2 aliphatic rings. The number of ether oxygens (including phenoxy) is 2. The van der Waals surface area contributed by atoms with Crippen molar-refractivity contribution in [2.75, 3.05) is 24.8 Å². The number of nitrogens with one attached hydrogen (secondary N) is 1. The van der Waals surface area contributed by atoms with Crippen LogP contribution in [0.1, 0.15) is 24.0 Å². The number of benzene rings is 2. The summed E-state index contributed by atoms with van der Waals surface area (Å²) in [7, 11) is 0. The molecule has 7 heteroatoms. The number of piperidine rings is 1. The SMILES string of the molecule is Cc1cccc(-c2cnc(N3CCC(C(=O)NCc4ccc5c(c4)OCO5)CC3)nc2)c1. The van der Waals surface area contributed by atoms with Gasteiger partial charge in [-0.3, -0.25) is 4.79 Å². The first-order chi connectivity index (χ1) is 15.7. The molecular formula is C25H26N4O3. The molecule has 0 bridgehead atoms. The molecule has 3 heterocycles. The van der Waals surface area contributed by atoms with Gasteiger partial charge in [0.1, 0.15) is 0 Å². The first kappa shape index (κ1) is 20.3. The molecule has 3 aromatic rings. The van der Waals surface area contributed by atoms with Crippen molar-refractivity contribution < 1.29 is 14.3 Å². The molecule has 0 spiro atoms. The van der Waals surface area contributed by atoms with Crippen molar-refractivity contribution in [2.24, 2.45) is 5.92 Å². The van der Waals surface area contributed by atoms with E-state index < -0.39 is 0 Å². The third kappa shape index (κ3) is 4.37. The Hall–Kier alpha value is -3.61. The van der Waals surface area contributed by atoms with Gasteiger partial charge in [0.25, 0.3) is 0 Å². The third-order valence-electron chi connectivity index (χ3n) is 6.04. The molecule has 0 saturated carbocycles. The number of aryl methyl sites for hydroxylation is 1. The molecule has 1 saturated heterocycles. The Morgan fingerprint density at radius 1 is 1.03 bits per heavy atom. The summed E-state index contributed by atoms with van der Waals surface area (Å²) in [4.78, 5) is 24.0. The number of amides is 1. The van der Waals surface area contributed by atoms with Crippen molar-refractivity contribution in [1.82, 2.24) is 15.3 Å². The molecule has 0 radical (unpaired) electrons. The first-order valence-electron chi connectivity index (χ1n) is 11.0. The molecule has 32 heavy (non-hydrogen) atoms. The van der Waals surface area contributed by atoms with E-state index in [9.17, 15) is 4.79 Å². The molecule has 2 aliphatic heterocycles. The van der Waals surface area contributed by atoms with Gasteiger partial charge in [-0.15, -0.1) is 0 Å². The monoisotopic (exact) mass is 430 g/mol. The van der Waals surface area contributed by atoms with E-state index in [4.69, 9.17) is 9.47 Å². The minimum absolute atomic E-state index is 0.00632. The summed E-state index contributed by atoms with van der Waals surface area (Å²) in [5.74, 6) is 2.31. The standard InChI is InChI=1S/C25H26N4O3/c1-17-3-2-4-20(11-17)21-14-27-25(28-15-21)29-9-7-19(8-10-29)24(30)26-13-18-5-6-22-23(12-18)32-16-31-22/h2-6,11-12,14-15,19H,7-10,13,16H2,1H3,(H,26,30). The lowest BCUT2D eigenvalue weighted by Gasteiger charge is -2.31. The molecular weight excluding hydrogens is 404 g/mol. The molecule has 2 aromatic carbocycles. The second kappa shape index (κ2) is 8.86. The predicted molar refractivity (Wildman–Crippen MR) is 122 cm³/mol. The molecule has 1 N–H and O–H groups in total. The number of nitrogens with zero attached hydrogens (tertiary/aromatic N) is 3. The van der Waals surface area contributed by atoms with Gasteiger partial charge in [0.2, 0.25) is 18.6 Å². The first-order valence-corrected chi connectivity index (χ1v) is 11.0. The molecule has 7 nitrogen and oxygen atoms in total. The van der Waals surface area contributed by atoms with Gasteiger partial charge in [0, 0.05) is 43.5 Å². The second-order valence-corrected chi connectivity index (χ2v) is 8.31. The van der Waals surface area contributed by atoms with Gasteiger partial charge in [0.15, 0.2) is 11.5 Å². The normalized spacial score (nSPS) is 15.6. The molecule has 1 aromatic heterocycles. The van der Waals surface area contributed by atoms with E-state index in [0.717, 1.165) is 60.1 Å². The smallest absolute Gasteiger partial charge is 0.231 e. The van der Waals surface area contributed by atoms with Crippen LogP contribution in [0.5, 0.6) is 11.5 Å². The summed E-state index contributed by atoms with van der Waals surface area (Å²) >= 11 is 0. The number of hydrogen-bond acceptors (Lipinski definition) is 6. The summed E-state index contributed by atoms with van der Waals surface area (Å²) in [6.45, 7) is 4.35. The Labute approximate surface area is 187 Å². The van der Waals surface area contributed by atoms with Crippen LogP contribution in [0.15, 0.2) is 54.9 Å². The highest BCUT2D eigenvalue weighted by Gasteiger charge is 2.26. The number of carbonyl (C=O) groups excluding carboxylic acids is 1. The van der Waals surface area contributed by atoms with Crippen molar-refractivity contribution in [3.63, 3.8) is 0 Å². The Morgan fingerprint density at radius 3 is 2.59 bits per heavy atom. The molecule has 0 aliphatic carbocycles. The Bertz CT molecular complexity index is 1110. The second-order valence-electron chi connectivity index (χ2n) is 8.31. The zero-order valence-corrected chi connectivity index (χ0v) is 18.1. The fourth-order valence-corrected chi connectivity index (χ4v) is 4.18. The van der Waals surface area contributed by atoms with Crippen LogP contribution in [0.4, 0.5) is 5.95 Å². The summed E-state index contributed by atoms with van der Waals surface area (Å²) in [5.41, 5.74) is 4.34. The number of fused-ring (bicyclic) bond motifs is 1. The maximum absolute atomic E-state index is 12.7. The average molecular weight is 431 g/mol. The van der Waals surface area contributed by atoms with Gasteiger partial charge < -0.3 is 19.7 Å². The van der Waals surface area contributed by atoms with Crippen LogP contribution in [0, 0.1) is 12.8 Å². The van der Waals surface area contributed by atoms with E-state index in [1.54, 1.807) is 0 Å². The number of hydrogen-bond donors (Lipinski definition) is 1. The van der Waals surface area contributed by atoms with Gasteiger partial charge in [-0.1, -0.05) is 35.9 Å². The van der Waals surface area contributed by atoms with Gasteiger partial charge >= 0.3 is 0 Å². The maximum atomic E-state index is 12.7. The van der Waals surface area contributed by atoms with Crippen LogP contribution in [-0.4, -0.2) is 35.8 Å². The Morgan fingerprint density at radius 2 is 1.81 bits per heavy atom. The van der Waals surface area contributed by atoms with Crippen molar-refractivity contribution in [3.05, 3.63) is 66.0 Å². The number of rotatable bonds is 5. The van der Waals surface area contributed by atoms with E-state index in [0.29, 0.717) is 6.54 Å². The highest BCUT2D eigenvalue weighted by molar-refractivity contribution is 5.79. The van der Waals surface area contributed by atoms with Crippen molar-refractivity contribution in [1.29, 1.82) is 0 Å². The fraction of sp³-hybridized carbons (Fsp3) is 0.320. The topological polar surface area (TPSA) is 76.6 Å². The number of carbonyl (C=O) groups is 1. The summed E-state index contributed by atoms with van der Waals surface area (Å²) in [6.07, 6.45) is 5.33. The zero-order chi connectivity index (χ0) is 21.9. The lowest BCUT2D eigenvalue weighted by atomic mass is 9.96. The summed E-state index contributed by atoms with van der Waals surface area (Å²) in [5, 5.41) is 3.06. The highest BCUT2D eigenvalue weighted by Crippen LogP contribution is 2.32. The van der Waals surface area contributed by atoms with Gasteiger partial charge in [-0.05, 0) is 43.0 Å². The molecule has 1 fully saturated rings. The van der Waals surface area contributed by atoms with Crippen LogP contribution >= 0.6 is 0 Å². The van der Waals surface area contributed by atoms with E-state index in [2.05, 4.69) is 45.3 Å². The summed E-state index contributed by atoms with van der Waals surface area (Å²) < 4.78 is 10.7. The van der Waals surface area contributed by atoms with Crippen LogP contribution < -0.4 is 19.7 Å². The van der Waals surface area contributed by atoms with Gasteiger partial charge in [-0.25, -0.2) is 9.97 Å². The maximum Gasteiger partial charge on any atom is 0.231 e. The number of aromatic nitrogens is 2. The lowest BCUT2D eigenvalue weighted by molar-refractivity contribution is -0.125. The molecule has 1 amide bonds. The average Bonchev–Trinajstić information content (AvgIpc) is 3.31. The van der Waals surface area contributed by atoms with E-state index in [1.165, 1.54) is 5.56 Å². The highest BCUT2D eigenvalue weighted by atomic mass is 16.7. The largest absolute Gasteiger partial charge is 0.454 e. The minimum atomic E-state index is 0.00632. The van der Waals surface area contributed by atoms with Crippen LogP contribution in [0.3, 0.4) is 0 Å². The van der Waals surface area contributed by atoms with E-state index in [1.807, 2.05) is 36.7 Å². The minimum Gasteiger partial charge on any atom is -0.454 e. The van der Waals surface area contributed by atoms with Crippen LogP contribution in [-0.2, 0) is 11.3 Å². The van der Waals surface area contributed by atoms with E-state index >= 15 is 0 Å². The summed E-state index contributed by atoms with van der Waals surface area (Å²) in [6, 6.07) is 14.1. The van der Waals surface area contributed by atoms with Crippen LogP contribution in [0.25, 0.3) is 11.1 Å². The number of anilines is 1. The van der Waals surface area contributed by atoms with Gasteiger partial charge in [-0.2, -0.15) is 0 Å². The van der Waals surface area contributed by atoms with E-state index in [-0.39, 0.29) is 18.6 Å². The van der Waals surface area contributed by atoms with Gasteiger partial charge in [0.05, 0.1) is 0 Å². The lowest BCUT2D eigenvalue weighted by Crippen LogP contribution is -2.41. The molecule has 5 rings (SSSR count). The molecule has 164 valence electrons. The van der Waals surface area contributed by atoms with Crippen molar-refractivity contribution in [3.8, 4) is 22.6 Å². The van der Waals surface area contributed by atoms with Crippen molar-refractivity contribution in [2.45, 2.75) is 26.3 Å². The molecule has 0 unspecified atom stereocenters. The van der Waals surface area contributed by atoms with Crippen LogP contribution in [0.2, 0.25) is 0 Å².